The number of carbonyl (C=O) groups is 2. The number of nitrogens with zero attached hydrogens (tertiary/aromatic N) is 4. The molecule has 1 unspecified atom stereocenters. The van der Waals surface area contributed by atoms with Crippen LogP contribution in [-0.4, -0.2) is 63.2 Å². The molecule has 0 saturated carbocycles. The van der Waals surface area contributed by atoms with Crippen LogP contribution in [0.4, 0.5) is 0 Å². The fourth-order valence-corrected chi connectivity index (χ4v) is 4.07. The lowest BCUT2D eigenvalue weighted by Crippen LogP contribution is -2.52. The quantitative estimate of drug-likeness (QED) is 0.778. The van der Waals surface area contributed by atoms with E-state index in [1.165, 1.54) is 29.4 Å². The van der Waals surface area contributed by atoms with E-state index in [1.807, 2.05) is 6.92 Å². The van der Waals surface area contributed by atoms with Gasteiger partial charge < -0.3 is 14.2 Å². The van der Waals surface area contributed by atoms with E-state index in [9.17, 15) is 9.59 Å². The average Bonchev–Trinajstić information content (AvgIpc) is 3.27. The Bertz CT molecular complexity index is 652. The maximum atomic E-state index is 12.5. The lowest BCUT2D eigenvalue weighted by Gasteiger charge is -2.35. The molecule has 7 nitrogen and oxygen atoms in total. The lowest BCUT2D eigenvalue weighted by molar-refractivity contribution is -0.131. The average molecular weight is 352 g/mol. The first kappa shape index (κ1) is 16.0. The van der Waals surface area contributed by atoms with Crippen LogP contribution in [-0.2, 0) is 4.79 Å². The van der Waals surface area contributed by atoms with Crippen molar-refractivity contribution in [1.82, 2.24) is 20.0 Å². The van der Waals surface area contributed by atoms with Crippen LogP contribution in [0.1, 0.15) is 17.5 Å². The molecule has 23 heavy (non-hydrogen) atoms. The highest BCUT2D eigenvalue weighted by atomic mass is 32.2. The summed E-state index contributed by atoms with van der Waals surface area (Å²) in [6, 6.07) is 3.35. The lowest BCUT2D eigenvalue weighted by atomic mass is 10.2. The van der Waals surface area contributed by atoms with Gasteiger partial charge in [0.2, 0.25) is 5.91 Å². The first-order chi connectivity index (χ1) is 11.1. The molecule has 0 aromatic carbocycles. The summed E-state index contributed by atoms with van der Waals surface area (Å²) in [7, 11) is 0. The second-order valence-corrected chi connectivity index (χ2v) is 7.48. The number of carbonyl (C=O) groups excluding carboxylic acids is 2. The van der Waals surface area contributed by atoms with Gasteiger partial charge in [0.15, 0.2) is 10.1 Å². The molecule has 1 aliphatic rings. The van der Waals surface area contributed by atoms with Crippen molar-refractivity contribution in [3.63, 3.8) is 0 Å². The van der Waals surface area contributed by atoms with Crippen molar-refractivity contribution in [3.05, 3.63) is 29.7 Å². The van der Waals surface area contributed by atoms with Crippen molar-refractivity contribution in [2.45, 2.75) is 16.5 Å². The second-order valence-electron chi connectivity index (χ2n) is 5.06. The number of amides is 2. The number of thioether (sulfide) groups is 1. The summed E-state index contributed by atoms with van der Waals surface area (Å²) in [5.41, 5.74) is 1.65. The first-order valence-corrected chi connectivity index (χ1v) is 8.95. The molecule has 2 aromatic rings. The molecule has 0 N–H and O–H groups in total. The summed E-state index contributed by atoms with van der Waals surface area (Å²) >= 11 is 2.84. The number of hydrogen-bond donors (Lipinski definition) is 0. The van der Waals surface area contributed by atoms with E-state index >= 15 is 0 Å². The van der Waals surface area contributed by atoms with Gasteiger partial charge in [0.25, 0.3) is 5.91 Å². The number of furan rings is 1. The third kappa shape index (κ3) is 3.73. The van der Waals surface area contributed by atoms with Gasteiger partial charge in [-0.1, -0.05) is 23.1 Å². The van der Waals surface area contributed by atoms with Crippen LogP contribution in [0.15, 0.2) is 32.7 Å². The Kier molecular flexibility index (Phi) is 4.97. The molecule has 3 heterocycles. The second kappa shape index (κ2) is 7.14. The highest BCUT2D eigenvalue weighted by Crippen LogP contribution is 2.25. The van der Waals surface area contributed by atoms with E-state index < -0.39 is 0 Å². The van der Waals surface area contributed by atoms with Crippen LogP contribution in [0.3, 0.4) is 0 Å². The number of aromatic nitrogens is 2. The summed E-state index contributed by atoms with van der Waals surface area (Å²) in [4.78, 5) is 28.2. The molecule has 0 radical (unpaired) electrons. The summed E-state index contributed by atoms with van der Waals surface area (Å²) in [6.07, 6.45) is 1.49. The zero-order chi connectivity index (χ0) is 16.2. The van der Waals surface area contributed by atoms with Gasteiger partial charge in [-0.2, -0.15) is 0 Å². The van der Waals surface area contributed by atoms with Crippen molar-refractivity contribution in [2.24, 2.45) is 0 Å². The molecule has 0 spiro atoms. The van der Waals surface area contributed by atoms with Gasteiger partial charge in [-0.3, -0.25) is 9.59 Å². The summed E-state index contributed by atoms with van der Waals surface area (Å²) in [5.74, 6) is 0.277. The van der Waals surface area contributed by atoms with Crippen LogP contribution in [0.5, 0.6) is 0 Å². The molecule has 0 aliphatic carbocycles. The molecule has 3 rings (SSSR count). The van der Waals surface area contributed by atoms with Crippen molar-refractivity contribution in [2.75, 3.05) is 26.2 Å². The maximum Gasteiger partial charge on any atom is 0.289 e. The largest absolute Gasteiger partial charge is 0.459 e. The number of piperazine rings is 1. The molecular weight excluding hydrogens is 336 g/mol. The number of hydrogen-bond acceptors (Lipinski definition) is 7. The molecule has 0 bridgehead atoms. The van der Waals surface area contributed by atoms with E-state index in [2.05, 4.69) is 10.2 Å². The Morgan fingerprint density at radius 3 is 2.65 bits per heavy atom. The summed E-state index contributed by atoms with van der Waals surface area (Å²) in [5, 5.41) is 7.50. The van der Waals surface area contributed by atoms with Crippen molar-refractivity contribution in [3.8, 4) is 0 Å². The maximum absolute atomic E-state index is 12.5. The van der Waals surface area contributed by atoms with E-state index in [0.29, 0.717) is 31.9 Å². The van der Waals surface area contributed by atoms with Gasteiger partial charge in [0.1, 0.15) is 5.51 Å². The predicted octanol–water partition coefficient (Wildman–Crippen LogP) is 1.60. The van der Waals surface area contributed by atoms with Crippen LogP contribution >= 0.6 is 23.1 Å². The minimum absolute atomic E-state index is 0.0651. The zero-order valence-corrected chi connectivity index (χ0v) is 14.2. The highest BCUT2D eigenvalue weighted by Gasteiger charge is 2.28. The molecule has 2 aromatic heterocycles. The molecule has 1 aliphatic heterocycles. The van der Waals surface area contributed by atoms with Gasteiger partial charge >= 0.3 is 0 Å². The Morgan fingerprint density at radius 1 is 1.30 bits per heavy atom. The van der Waals surface area contributed by atoms with Crippen molar-refractivity contribution >= 4 is 34.9 Å². The summed E-state index contributed by atoms with van der Waals surface area (Å²) in [6.45, 7) is 3.97. The van der Waals surface area contributed by atoms with Crippen LogP contribution in [0, 0.1) is 0 Å². The standard InChI is InChI=1S/C14H16N4O3S2/c1-10(23-14-16-15-9-22-14)12(19)17-4-6-18(7-5-17)13(20)11-3-2-8-21-11/h2-3,8-10H,4-7H2,1H3. The van der Waals surface area contributed by atoms with Gasteiger partial charge in [0, 0.05) is 26.2 Å². The van der Waals surface area contributed by atoms with Crippen LogP contribution < -0.4 is 0 Å². The van der Waals surface area contributed by atoms with E-state index in [-0.39, 0.29) is 17.1 Å². The molecular formula is C14H16N4O3S2. The molecule has 1 atom stereocenters. The van der Waals surface area contributed by atoms with Crippen molar-refractivity contribution < 1.29 is 14.0 Å². The predicted molar refractivity (Wildman–Crippen MR) is 86.4 cm³/mol. The van der Waals surface area contributed by atoms with Gasteiger partial charge in [-0.25, -0.2) is 0 Å². The normalized spacial score (nSPS) is 16.4. The Morgan fingerprint density at radius 2 is 2.04 bits per heavy atom. The van der Waals surface area contributed by atoms with E-state index in [4.69, 9.17) is 4.42 Å². The molecule has 1 saturated heterocycles. The minimum atomic E-state index is -0.213. The zero-order valence-electron chi connectivity index (χ0n) is 12.5. The highest BCUT2D eigenvalue weighted by molar-refractivity contribution is 8.02. The Labute approximate surface area is 141 Å². The van der Waals surface area contributed by atoms with E-state index in [1.54, 1.807) is 27.4 Å². The summed E-state index contributed by atoms with van der Waals surface area (Å²) < 4.78 is 5.92. The fourth-order valence-electron chi connectivity index (χ4n) is 2.36. The van der Waals surface area contributed by atoms with E-state index in [0.717, 1.165) is 4.34 Å². The Hall–Kier alpha value is -1.87. The van der Waals surface area contributed by atoms with Crippen LogP contribution in [0.2, 0.25) is 0 Å². The van der Waals surface area contributed by atoms with Gasteiger partial charge in [-0.05, 0) is 19.1 Å². The molecule has 1 fully saturated rings. The topological polar surface area (TPSA) is 79.5 Å². The van der Waals surface area contributed by atoms with Gasteiger partial charge in [-0.15, -0.1) is 10.2 Å². The molecule has 2 amide bonds. The number of rotatable bonds is 4. The molecule has 122 valence electrons. The van der Waals surface area contributed by atoms with Crippen LogP contribution in [0.25, 0.3) is 0 Å². The monoisotopic (exact) mass is 352 g/mol. The Balaban J connectivity index is 1.52. The SMILES string of the molecule is CC(Sc1nncs1)C(=O)N1CCN(C(=O)c2ccco2)CC1. The fraction of sp³-hybridized carbons (Fsp3) is 0.429. The first-order valence-electron chi connectivity index (χ1n) is 7.19. The van der Waals surface area contributed by atoms with Gasteiger partial charge in [0.05, 0.1) is 11.5 Å². The smallest absolute Gasteiger partial charge is 0.289 e. The third-order valence-electron chi connectivity index (χ3n) is 3.58. The van der Waals surface area contributed by atoms with Crippen molar-refractivity contribution in [1.29, 1.82) is 0 Å². The minimum Gasteiger partial charge on any atom is -0.459 e. The molecule has 9 heteroatoms. The third-order valence-corrected chi connectivity index (χ3v) is 5.47.